The molecule has 2 rings (SSSR count). The summed E-state index contributed by atoms with van der Waals surface area (Å²) >= 11 is 5.06. The third-order valence-electron chi connectivity index (χ3n) is 2.62. The highest BCUT2D eigenvalue weighted by molar-refractivity contribution is 7.80. The molecule has 0 unspecified atom stereocenters. The number of anilines is 1. The molecule has 0 fully saturated rings. The van der Waals surface area contributed by atoms with Crippen LogP contribution >= 0.6 is 12.2 Å². The van der Waals surface area contributed by atoms with Crippen molar-refractivity contribution in [3.05, 3.63) is 53.5 Å². The van der Waals surface area contributed by atoms with Crippen molar-refractivity contribution in [3.63, 3.8) is 0 Å². The van der Waals surface area contributed by atoms with Gasteiger partial charge in [-0.15, -0.1) is 0 Å². The number of rotatable bonds is 4. The molecule has 0 aliphatic rings. The van der Waals surface area contributed by atoms with E-state index in [1.54, 1.807) is 18.6 Å². The van der Waals surface area contributed by atoms with Crippen molar-refractivity contribution in [2.45, 2.75) is 13.5 Å². The smallest absolute Gasteiger partial charge is 0.136 e. The van der Waals surface area contributed by atoms with Gasteiger partial charge in [0.2, 0.25) is 0 Å². The maximum atomic E-state index is 5.73. The molecule has 92 valence electrons. The zero-order chi connectivity index (χ0) is 13.0. The van der Waals surface area contributed by atoms with Gasteiger partial charge in [-0.25, -0.2) is 4.98 Å². The second kappa shape index (κ2) is 5.55. The van der Waals surface area contributed by atoms with E-state index in [0.717, 1.165) is 22.5 Å². The first-order valence-electron chi connectivity index (χ1n) is 5.56. The highest BCUT2D eigenvalue weighted by Gasteiger charge is 2.09. The van der Waals surface area contributed by atoms with E-state index in [2.05, 4.69) is 15.3 Å². The number of nitrogens with one attached hydrogen (secondary N) is 1. The van der Waals surface area contributed by atoms with Gasteiger partial charge in [-0.3, -0.25) is 4.98 Å². The van der Waals surface area contributed by atoms with E-state index >= 15 is 0 Å². The second-order valence-corrected chi connectivity index (χ2v) is 4.36. The minimum Gasteiger partial charge on any atom is -0.389 e. The Balaban J connectivity index is 2.20. The lowest BCUT2D eigenvalue weighted by molar-refractivity contribution is 1.09. The van der Waals surface area contributed by atoms with E-state index in [9.17, 15) is 0 Å². The standard InChI is InChI=1S/C13H14N4S/c1-9-2-7-16-13(11(9)12(14)18)17-8-10-3-5-15-6-4-10/h2-7H,8H2,1H3,(H2,14,18)(H,16,17). The summed E-state index contributed by atoms with van der Waals surface area (Å²) in [4.78, 5) is 8.62. The van der Waals surface area contributed by atoms with Crippen molar-refractivity contribution in [2.24, 2.45) is 5.73 Å². The lowest BCUT2D eigenvalue weighted by Gasteiger charge is -2.12. The summed E-state index contributed by atoms with van der Waals surface area (Å²) in [5.74, 6) is 0.722. The minimum absolute atomic E-state index is 0.359. The molecule has 2 aromatic heterocycles. The fourth-order valence-electron chi connectivity index (χ4n) is 1.69. The molecule has 0 aliphatic carbocycles. The molecular formula is C13H14N4S. The average Bonchev–Trinajstić information content (AvgIpc) is 2.37. The Kier molecular flexibility index (Phi) is 3.84. The van der Waals surface area contributed by atoms with Gasteiger partial charge in [-0.05, 0) is 36.2 Å². The van der Waals surface area contributed by atoms with Crippen molar-refractivity contribution < 1.29 is 0 Å². The van der Waals surface area contributed by atoms with Crippen LogP contribution in [0.4, 0.5) is 5.82 Å². The van der Waals surface area contributed by atoms with E-state index in [4.69, 9.17) is 18.0 Å². The second-order valence-electron chi connectivity index (χ2n) is 3.92. The highest BCUT2D eigenvalue weighted by atomic mass is 32.1. The van der Waals surface area contributed by atoms with Crippen LogP contribution in [-0.2, 0) is 6.54 Å². The van der Waals surface area contributed by atoms with Gasteiger partial charge < -0.3 is 11.1 Å². The Morgan fingerprint density at radius 2 is 2.00 bits per heavy atom. The fraction of sp³-hybridized carbons (Fsp3) is 0.154. The highest BCUT2D eigenvalue weighted by Crippen LogP contribution is 2.17. The minimum atomic E-state index is 0.359. The van der Waals surface area contributed by atoms with E-state index in [-0.39, 0.29) is 0 Å². The van der Waals surface area contributed by atoms with E-state index < -0.39 is 0 Å². The molecule has 18 heavy (non-hydrogen) atoms. The summed E-state index contributed by atoms with van der Waals surface area (Å²) in [5, 5.41) is 3.25. The Bertz CT molecular complexity index is 554. The van der Waals surface area contributed by atoms with Crippen molar-refractivity contribution >= 4 is 23.0 Å². The molecule has 5 heteroatoms. The zero-order valence-corrected chi connectivity index (χ0v) is 10.9. The SMILES string of the molecule is Cc1ccnc(NCc2ccncc2)c1C(N)=S. The first-order chi connectivity index (χ1) is 8.68. The Morgan fingerprint density at radius 3 is 2.67 bits per heavy atom. The molecule has 0 aliphatic heterocycles. The van der Waals surface area contributed by atoms with Crippen molar-refractivity contribution in [1.29, 1.82) is 0 Å². The van der Waals surface area contributed by atoms with Crippen molar-refractivity contribution in [3.8, 4) is 0 Å². The van der Waals surface area contributed by atoms with Crippen LogP contribution in [0.2, 0.25) is 0 Å². The third kappa shape index (κ3) is 2.81. The number of aryl methyl sites for hydroxylation is 1. The zero-order valence-electron chi connectivity index (χ0n) is 10.1. The number of thiocarbonyl (C=S) groups is 1. The molecule has 4 nitrogen and oxygen atoms in total. The number of aromatic nitrogens is 2. The molecule has 0 atom stereocenters. The molecule has 0 spiro atoms. The number of hydrogen-bond donors (Lipinski definition) is 2. The first kappa shape index (κ1) is 12.4. The topological polar surface area (TPSA) is 63.8 Å². The summed E-state index contributed by atoms with van der Waals surface area (Å²) in [6, 6.07) is 5.79. The lowest BCUT2D eigenvalue weighted by Crippen LogP contribution is -2.16. The molecule has 2 heterocycles. The van der Waals surface area contributed by atoms with E-state index in [1.807, 2.05) is 25.1 Å². The third-order valence-corrected chi connectivity index (χ3v) is 2.82. The van der Waals surface area contributed by atoms with Crippen LogP contribution in [-0.4, -0.2) is 15.0 Å². The van der Waals surface area contributed by atoms with Crippen LogP contribution in [0.3, 0.4) is 0 Å². The maximum Gasteiger partial charge on any atom is 0.136 e. The van der Waals surface area contributed by atoms with Crippen LogP contribution in [0.5, 0.6) is 0 Å². The summed E-state index contributed by atoms with van der Waals surface area (Å²) < 4.78 is 0. The van der Waals surface area contributed by atoms with Crippen LogP contribution in [0.1, 0.15) is 16.7 Å². The van der Waals surface area contributed by atoms with Crippen molar-refractivity contribution in [2.75, 3.05) is 5.32 Å². The van der Waals surface area contributed by atoms with Crippen molar-refractivity contribution in [1.82, 2.24) is 9.97 Å². The van der Waals surface area contributed by atoms with Gasteiger partial charge in [0.05, 0.1) is 5.56 Å². The summed E-state index contributed by atoms with van der Waals surface area (Å²) in [6.45, 7) is 2.63. The number of pyridine rings is 2. The quantitative estimate of drug-likeness (QED) is 0.822. The van der Waals surface area contributed by atoms with E-state index in [0.29, 0.717) is 11.5 Å². The van der Waals surface area contributed by atoms with Crippen LogP contribution in [0, 0.1) is 6.92 Å². The number of hydrogen-bond acceptors (Lipinski definition) is 4. The van der Waals surface area contributed by atoms with Crippen LogP contribution in [0.15, 0.2) is 36.8 Å². The molecule has 0 radical (unpaired) electrons. The number of nitrogens with two attached hydrogens (primary N) is 1. The van der Waals surface area contributed by atoms with Gasteiger partial charge in [0.25, 0.3) is 0 Å². The predicted octanol–water partition coefficient (Wildman–Crippen LogP) is 2.03. The lowest BCUT2D eigenvalue weighted by atomic mass is 10.1. The Labute approximate surface area is 111 Å². The van der Waals surface area contributed by atoms with Crippen LogP contribution < -0.4 is 11.1 Å². The molecule has 0 bridgehead atoms. The van der Waals surface area contributed by atoms with Crippen LogP contribution in [0.25, 0.3) is 0 Å². The van der Waals surface area contributed by atoms with Gasteiger partial charge in [0.1, 0.15) is 10.8 Å². The summed E-state index contributed by atoms with van der Waals surface area (Å²) in [7, 11) is 0. The molecule has 0 aromatic carbocycles. The van der Waals surface area contributed by atoms with Gasteiger partial charge in [-0.1, -0.05) is 12.2 Å². The first-order valence-corrected chi connectivity index (χ1v) is 5.97. The van der Waals surface area contributed by atoms with E-state index in [1.165, 1.54) is 0 Å². The fourth-order valence-corrected chi connectivity index (χ4v) is 1.95. The van der Waals surface area contributed by atoms with Gasteiger partial charge >= 0.3 is 0 Å². The Morgan fingerprint density at radius 1 is 1.28 bits per heavy atom. The normalized spacial score (nSPS) is 10.1. The summed E-state index contributed by atoms with van der Waals surface area (Å²) in [5.41, 5.74) is 8.68. The maximum absolute atomic E-state index is 5.73. The van der Waals surface area contributed by atoms with Gasteiger partial charge in [0.15, 0.2) is 0 Å². The largest absolute Gasteiger partial charge is 0.389 e. The van der Waals surface area contributed by atoms with Gasteiger partial charge in [0, 0.05) is 25.1 Å². The van der Waals surface area contributed by atoms with Gasteiger partial charge in [-0.2, -0.15) is 0 Å². The average molecular weight is 258 g/mol. The molecule has 3 N–H and O–H groups in total. The molecular weight excluding hydrogens is 244 g/mol. The monoisotopic (exact) mass is 258 g/mol. The predicted molar refractivity (Wildman–Crippen MR) is 76.4 cm³/mol. The summed E-state index contributed by atoms with van der Waals surface area (Å²) in [6.07, 6.45) is 5.26. The molecule has 0 amide bonds. The number of nitrogens with zero attached hydrogens (tertiary/aromatic N) is 2. The molecule has 0 saturated heterocycles. The Hall–Kier alpha value is -2.01. The molecule has 0 saturated carbocycles. The molecule has 2 aromatic rings.